The van der Waals surface area contributed by atoms with Crippen LogP contribution in [0.1, 0.15) is 44.8 Å². The molecule has 0 aromatic heterocycles. The highest BCUT2D eigenvalue weighted by molar-refractivity contribution is 7.10. The topological polar surface area (TPSA) is 48.0 Å². The first-order valence-electron chi connectivity index (χ1n) is 8.80. The zero-order valence-electron chi connectivity index (χ0n) is 15.8. The molecule has 1 aromatic carbocycles. The van der Waals surface area contributed by atoms with Crippen molar-refractivity contribution in [3.63, 3.8) is 0 Å². The predicted molar refractivity (Wildman–Crippen MR) is 115 cm³/mol. The minimum absolute atomic E-state index is 0.0192. The molecule has 8 heteroatoms. The highest BCUT2D eigenvalue weighted by Gasteiger charge is 2.29. The summed E-state index contributed by atoms with van der Waals surface area (Å²) in [5.74, 6) is -0.0410. The van der Waals surface area contributed by atoms with E-state index in [1.54, 1.807) is 4.90 Å². The number of rotatable bonds is 12. The third kappa shape index (κ3) is 7.47. The van der Waals surface area contributed by atoms with E-state index in [9.17, 15) is 4.79 Å². The van der Waals surface area contributed by atoms with E-state index in [0.717, 1.165) is 18.4 Å². The van der Waals surface area contributed by atoms with E-state index < -0.39 is 0 Å². The summed E-state index contributed by atoms with van der Waals surface area (Å²) in [6.07, 6.45) is 2.25. The van der Waals surface area contributed by atoms with Crippen LogP contribution < -0.4 is 0 Å². The van der Waals surface area contributed by atoms with Gasteiger partial charge in [-0.1, -0.05) is 37.3 Å². The lowest BCUT2D eigenvalue weighted by Gasteiger charge is -2.33. The standard InChI is InChI=1S/C18H32NO4P3/c1-13(12-16(22-25)10-7-11-21-24)18(20)19(3)14(2)17(23-26)15-8-5-4-6-9-15/h4-6,8-9,13-14,16-17H,7,10-12,24-26H2,1-3H3/t13-,14-,16-,17+/m1/s1. The van der Waals surface area contributed by atoms with Gasteiger partial charge in [0.1, 0.15) is 6.10 Å². The molecule has 5 nitrogen and oxygen atoms in total. The van der Waals surface area contributed by atoms with E-state index in [0.29, 0.717) is 13.0 Å². The van der Waals surface area contributed by atoms with E-state index in [4.69, 9.17) is 13.6 Å². The first kappa shape index (κ1) is 23.9. The van der Waals surface area contributed by atoms with E-state index in [2.05, 4.69) is 28.4 Å². The van der Waals surface area contributed by atoms with Gasteiger partial charge in [-0.15, -0.1) is 0 Å². The largest absolute Gasteiger partial charge is 0.366 e. The summed E-state index contributed by atoms with van der Waals surface area (Å²) in [6.45, 7) is 4.62. The molecule has 1 amide bonds. The molecule has 0 aliphatic rings. The zero-order valence-corrected chi connectivity index (χ0v) is 19.3. The molecule has 1 rings (SSSR count). The van der Waals surface area contributed by atoms with Gasteiger partial charge in [-0.3, -0.25) is 4.79 Å². The van der Waals surface area contributed by atoms with E-state index in [-0.39, 0.29) is 30.1 Å². The normalized spacial score (nSPS) is 15.9. The van der Waals surface area contributed by atoms with Crippen molar-refractivity contribution in [2.45, 2.75) is 51.4 Å². The Kier molecular flexibility index (Phi) is 12.0. The summed E-state index contributed by atoms with van der Waals surface area (Å²) in [6, 6.07) is 9.85. The second-order valence-electron chi connectivity index (χ2n) is 6.56. The third-order valence-electron chi connectivity index (χ3n) is 4.69. The second kappa shape index (κ2) is 13.1. The molecule has 0 spiro atoms. The van der Waals surface area contributed by atoms with Crippen molar-refractivity contribution in [1.29, 1.82) is 0 Å². The van der Waals surface area contributed by atoms with Crippen molar-refractivity contribution < 1.29 is 18.4 Å². The molecule has 1 aromatic rings. The number of hydrogen-bond acceptors (Lipinski definition) is 4. The Morgan fingerprint density at radius 1 is 1.12 bits per heavy atom. The van der Waals surface area contributed by atoms with E-state index in [1.165, 1.54) is 0 Å². The lowest BCUT2D eigenvalue weighted by molar-refractivity contribution is -0.138. The quantitative estimate of drug-likeness (QED) is 0.377. The molecule has 0 N–H and O–H groups in total. The van der Waals surface area contributed by atoms with E-state index >= 15 is 0 Å². The van der Waals surface area contributed by atoms with Crippen LogP contribution in [0.5, 0.6) is 0 Å². The van der Waals surface area contributed by atoms with E-state index in [1.807, 2.05) is 51.2 Å². The maximum Gasteiger partial charge on any atom is 0.225 e. The number of carbonyl (C=O) groups is 1. The summed E-state index contributed by atoms with van der Waals surface area (Å²) in [4.78, 5) is 14.7. The molecule has 7 atom stereocenters. The van der Waals surface area contributed by atoms with Crippen LogP contribution in [0.4, 0.5) is 0 Å². The molecule has 0 fully saturated rings. The minimum atomic E-state index is -0.199. The Morgan fingerprint density at radius 3 is 2.31 bits per heavy atom. The van der Waals surface area contributed by atoms with Gasteiger partial charge in [0.05, 0.1) is 18.8 Å². The Hall–Kier alpha value is -0.140. The predicted octanol–water partition coefficient (Wildman–Crippen LogP) is 4.17. The molecule has 0 radical (unpaired) electrons. The molecule has 26 heavy (non-hydrogen) atoms. The van der Waals surface area contributed by atoms with Crippen LogP contribution in [0.15, 0.2) is 30.3 Å². The molecule has 0 saturated carbocycles. The van der Waals surface area contributed by atoms with Crippen LogP contribution in [0.25, 0.3) is 0 Å². The summed E-state index contributed by atoms with van der Waals surface area (Å²) < 4.78 is 16.1. The number of nitrogens with zero attached hydrogens (tertiary/aromatic N) is 1. The second-order valence-corrected chi connectivity index (χ2v) is 7.44. The Labute approximate surface area is 164 Å². The molecular weight excluding hydrogens is 387 g/mol. The molecule has 0 aliphatic heterocycles. The van der Waals surface area contributed by atoms with Gasteiger partial charge in [0, 0.05) is 41.4 Å². The Bertz CT molecular complexity index is 520. The molecule has 3 unspecified atom stereocenters. The van der Waals surface area contributed by atoms with Crippen LogP contribution >= 0.6 is 28.4 Å². The number of hydrogen-bond donors (Lipinski definition) is 0. The van der Waals surface area contributed by atoms with Crippen LogP contribution in [0.2, 0.25) is 0 Å². The van der Waals surface area contributed by atoms with Gasteiger partial charge in [-0.25, -0.2) is 0 Å². The van der Waals surface area contributed by atoms with Gasteiger partial charge in [-0.2, -0.15) is 0 Å². The lowest BCUT2D eigenvalue weighted by Crippen LogP contribution is -2.42. The average Bonchev–Trinajstić information content (AvgIpc) is 2.67. The van der Waals surface area contributed by atoms with Crippen molar-refractivity contribution >= 4 is 34.3 Å². The summed E-state index contributed by atoms with van der Waals surface area (Å²) in [5.41, 5.74) is 1.05. The van der Waals surface area contributed by atoms with Crippen molar-refractivity contribution in [3.8, 4) is 0 Å². The molecule has 0 aliphatic carbocycles. The fourth-order valence-corrected chi connectivity index (χ4v) is 3.79. The highest BCUT2D eigenvalue weighted by atomic mass is 31.0. The van der Waals surface area contributed by atoms with Gasteiger partial charge < -0.3 is 18.5 Å². The van der Waals surface area contributed by atoms with Gasteiger partial charge in [-0.05, 0) is 31.7 Å². The first-order valence-corrected chi connectivity index (χ1v) is 10.2. The first-order chi connectivity index (χ1) is 12.5. The summed E-state index contributed by atoms with van der Waals surface area (Å²) >= 11 is 0. The zero-order chi connectivity index (χ0) is 19.5. The van der Waals surface area contributed by atoms with Gasteiger partial charge >= 0.3 is 0 Å². The maximum absolute atomic E-state index is 12.9. The number of benzene rings is 1. The van der Waals surface area contributed by atoms with Crippen LogP contribution in [-0.4, -0.2) is 36.6 Å². The maximum atomic E-state index is 12.9. The minimum Gasteiger partial charge on any atom is -0.366 e. The number of likely N-dealkylation sites (N-methyl/N-ethyl adjacent to an activating group) is 1. The lowest BCUT2D eigenvalue weighted by atomic mass is 9.97. The van der Waals surface area contributed by atoms with Crippen molar-refractivity contribution in [1.82, 2.24) is 4.90 Å². The smallest absolute Gasteiger partial charge is 0.225 e. The van der Waals surface area contributed by atoms with Crippen LogP contribution in [-0.2, 0) is 18.4 Å². The monoisotopic (exact) mass is 419 g/mol. The highest BCUT2D eigenvalue weighted by Crippen LogP contribution is 2.28. The van der Waals surface area contributed by atoms with Gasteiger partial charge in [0.15, 0.2) is 0 Å². The van der Waals surface area contributed by atoms with Crippen molar-refractivity contribution in [2.24, 2.45) is 5.92 Å². The SMILES string of the molecule is C[C@H](C[C@@H](CCCOP)OP)C(=O)N(C)[C@H](C)[C@H](OP)c1ccccc1. The third-order valence-corrected chi connectivity index (χ3v) is 5.60. The fourth-order valence-electron chi connectivity index (χ4n) is 3.00. The molecular formula is C18H32NO4P3. The molecule has 148 valence electrons. The van der Waals surface area contributed by atoms with Crippen molar-refractivity contribution in [2.75, 3.05) is 13.7 Å². The number of carbonyl (C=O) groups excluding carboxylic acids is 1. The number of amides is 1. The average molecular weight is 419 g/mol. The van der Waals surface area contributed by atoms with Crippen LogP contribution in [0, 0.1) is 5.92 Å². The van der Waals surface area contributed by atoms with Crippen LogP contribution in [0.3, 0.4) is 0 Å². The Balaban J connectivity index is 2.68. The molecule has 0 heterocycles. The molecule has 0 saturated heterocycles. The van der Waals surface area contributed by atoms with Gasteiger partial charge in [0.2, 0.25) is 5.91 Å². The van der Waals surface area contributed by atoms with Crippen molar-refractivity contribution in [3.05, 3.63) is 35.9 Å². The Morgan fingerprint density at radius 2 is 1.77 bits per heavy atom. The summed E-state index contributed by atoms with van der Waals surface area (Å²) in [5, 5.41) is 0. The fraction of sp³-hybridized carbons (Fsp3) is 0.611. The summed E-state index contributed by atoms with van der Waals surface area (Å²) in [7, 11) is 8.72. The van der Waals surface area contributed by atoms with Gasteiger partial charge in [0.25, 0.3) is 0 Å². The molecule has 0 bridgehead atoms.